The van der Waals surface area contributed by atoms with Gasteiger partial charge in [0.2, 0.25) is 0 Å². The molecule has 0 aliphatic carbocycles. The summed E-state index contributed by atoms with van der Waals surface area (Å²) >= 11 is 0. The third kappa shape index (κ3) is 6.18. The Labute approximate surface area is 171 Å². The summed E-state index contributed by atoms with van der Waals surface area (Å²) in [4.78, 5) is 0. The number of hydrogen-bond donors (Lipinski definition) is 0. The van der Waals surface area contributed by atoms with Gasteiger partial charge >= 0.3 is 0 Å². The van der Waals surface area contributed by atoms with E-state index < -0.39 is 0 Å². The highest BCUT2D eigenvalue weighted by Crippen LogP contribution is 2.27. The second-order valence-corrected chi connectivity index (χ2v) is 8.05. The molecular formula is C26H36O2. The van der Waals surface area contributed by atoms with E-state index in [1.165, 1.54) is 67.2 Å². The Bertz CT molecular complexity index is 667. The van der Waals surface area contributed by atoms with E-state index in [0.717, 1.165) is 13.0 Å². The number of rotatable bonds is 10. The van der Waals surface area contributed by atoms with Crippen molar-refractivity contribution in [3.05, 3.63) is 59.7 Å². The molecule has 0 saturated carbocycles. The van der Waals surface area contributed by atoms with E-state index in [1.54, 1.807) is 0 Å². The summed E-state index contributed by atoms with van der Waals surface area (Å²) in [6, 6.07) is 17.8. The van der Waals surface area contributed by atoms with Crippen LogP contribution in [-0.2, 0) is 15.9 Å². The molecule has 0 unspecified atom stereocenters. The van der Waals surface area contributed by atoms with Crippen LogP contribution in [0.25, 0.3) is 11.1 Å². The summed E-state index contributed by atoms with van der Waals surface area (Å²) in [6.45, 7) is 5.88. The Kier molecular flexibility index (Phi) is 8.57. The summed E-state index contributed by atoms with van der Waals surface area (Å²) in [6.07, 6.45) is 10.3. The summed E-state index contributed by atoms with van der Waals surface area (Å²) < 4.78 is 12.2. The first-order valence-corrected chi connectivity index (χ1v) is 11.2. The third-order valence-electron chi connectivity index (χ3n) is 5.73. The van der Waals surface area contributed by atoms with Crippen LogP contribution in [0, 0.1) is 0 Å². The van der Waals surface area contributed by atoms with Gasteiger partial charge in [0.1, 0.15) is 6.10 Å². The van der Waals surface area contributed by atoms with E-state index in [1.807, 2.05) is 0 Å². The minimum atomic E-state index is 0.0670. The van der Waals surface area contributed by atoms with Crippen LogP contribution in [0.3, 0.4) is 0 Å². The zero-order valence-electron chi connectivity index (χ0n) is 17.7. The van der Waals surface area contributed by atoms with Gasteiger partial charge in [-0.25, -0.2) is 0 Å². The molecular weight excluding hydrogens is 344 g/mol. The molecule has 152 valence electrons. The van der Waals surface area contributed by atoms with Crippen LogP contribution in [-0.4, -0.2) is 19.3 Å². The van der Waals surface area contributed by atoms with E-state index >= 15 is 0 Å². The second kappa shape index (κ2) is 11.4. The van der Waals surface area contributed by atoms with Gasteiger partial charge in [-0.05, 0) is 41.5 Å². The van der Waals surface area contributed by atoms with Gasteiger partial charge in [0.15, 0.2) is 0 Å². The normalized spacial score (nSPS) is 19.6. The number of hydrogen-bond acceptors (Lipinski definition) is 2. The molecule has 2 atom stereocenters. The van der Waals surface area contributed by atoms with Crippen molar-refractivity contribution in [3.63, 3.8) is 0 Å². The molecule has 1 saturated heterocycles. The number of unbranched alkanes of at least 4 members (excludes halogenated alkanes) is 4. The van der Waals surface area contributed by atoms with E-state index in [-0.39, 0.29) is 12.2 Å². The van der Waals surface area contributed by atoms with Gasteiger partial charge in [-0.1, -0.05) is 94.5 Å². The van der Waals surface area contributed by atoms with Crippen molar-refractivity contribution in [2.45, 2.75) is 77.4 Å². The van der Waals surface area contributed by atoms with Gasteiger partial charge in [0.25, 0.3) is 0 Å². The highest BCUT2D eigenvalue weighted by Gasteiger charge is 2.23. The highest BCUT2D eigenvalue weighted by atomic mass is 16.6. The maximum Gasteiger partial charge on any atom is 0.106 e. The van der Waals surface area contributed by atoms with Crippen LogP contribution < -0.4 is 0 Å². The standard InChI is InChI=1S/C26H36O2/c1-3-5-7-8-10-25-19-28-26(20-27-25)24-17-15-23(16-18-24)22-13-11-21(12-14-22)9-6-4-2/h11-18,25-26H,3-10,19-20H2,1-2H3/t25-,26-/m1/s1. The molecule has 28 heavy (non-hydrogen) atoms. The first kappa shape index (κ1) is 21.1. The molecule has 1 aliphatic rings. The number of benzene rings is 2. The van der Waals surface area contributed by atoms with Gasteiger partial charge in [0, 0.05) is 0 Å². The lowest BCUT2D eigenvalue weighted by molar-refractivity contribution is -0.137. The zero-order chi connectivity index (χ0) is 19.6. The lowest BCUT2D eigenvalue weighted by atomic mass is 9.99. The van der Waals surface area contributed by atoms with Crippen molar-refractivity contribution >= 4 is 0 Å². The fourth-order valence-electron chi connectivity index (χ4n) is 3.84. The predicted octanol–water partition coefficient (Wildman–Crippen LogP) is 7.12. The fourth-order valence-corrected chi connectivity index (χ4v) is 3.84. The highest BCUT2D eigenvalue weighted by molar-refractivity contribution is 5.64. The van der Waals surface area contributed by atoms with Gasteiger partial charge in [-0.3, -0.25) is 0 Å². The van der Waals surface area contributed by atoms with Crippen LogP contribution in [0.4, 0.5) is 0 Å². The molecule has 0 amide bonds. The molecule has 1 heterocycles. The summed E-state index contributed by atoms with van der Waals surface area (Å²) in [5.41, 5.74) is 5.18. The van der Waals surface area contributed by atoms with E-state index in [4.69, 9.17) is 9.47 Å². The van der Waals surface area contributed by atoms with Crippen LogP contribution >= 0.6 is 0 Å². The molecule has 3 rings (SSSR count). The Morgan fingerprint density at radius 2 is 1.39 bits per heavy atom. The average Bonchev–Trinajstić information content (AvgIpc) is 2.76. The van der Waals surface area contributed by atoms with Crippen LogP contribution in [0.2, 0.25) is 0 Å². The molecule has 0 aromatic heterocycles. The van der Waals surface area contributed by atoms with Crippen LogP contribution in [0.1, 0.15) is 76.0 Å². The number of ether oxygens (including phenoxy) is 2. The summed E-state index contributed by atoms with van der Waals surface area (Å²) in [7, 11) is 0. The van der Waals surface area contributed by atoms with Crippen LogP contribution in [0.15, 0.2) is 48.5 Å². The quantitative estimate of drug-likeness (QED) is 0.408. The van der Waals surface area contributed by atoms with Crippen molar-refractivity contribution in [1.82, 2.24) is 0 Å². The van der Waals surface area contributed by atoms with E-state index in [9.17, 15) is 0 Å². The molecule has 2 nitrogen and oxygen atoms in total. The molecule has 2 aromatic carbocycles. The minimum Gasteiger partial charge on any atom is -0.373 e. The molecule has 1 fully saturated rings. The Morgan fingerprint density at radius 1 is 0.714 bits per heavy atom. The topological polar surface area (TPSA) is 18.5 Å². The van der Waals surface area contributed by atoms with Gasteiger partial charge in [-0.15, -0.1) is 0 Å². The number of aryl methyl sites for hydroxylation is 1. The summed E-state index contributed by atoms with van der Waals surface area (Å²) in [5.74, 6) is 0. The molecule has 2 aromatic rings. The molecule has 0 N–H and O–H groups in total. The van der Waals surface area contributed by atoms with Crippen molar-refractivity contribution in [3.8, 4) is 11.1 Å². The predicted molar refractivity (Wildman–Crippen MR) is 118 cm³/mol. The van der Waals surface area contributed by atoms with Gasteiger partial charge in [0.05, 0.1) is 19.3 Å². The van der Waals surface area contributed by atoms with E-state index in [0.29, 0.717) is 6.61 Å². The fraction of sp³-hybridized carbons (Fsp3) is 0.538. The SMILES string of the molecule is CCCCCC[C@@H]1CO[C@@H](c2ccc(-c3ccc(CCCC)cc3)cc2)CO1. The average molecular weight is 381 g/mol. The Balaban J connectivity index is 1.49. The maximum absolute atomic E-state index is 6.11. The Hall–Kier alpha value is -1.64. The van der Waals surface area contributed by atoms with Crippen molar-refractivity contribution < 1.29 is 9.47 Å². The lowest BCUT2D eigenvalue weighted by Gasteiger charge is -2.30. The monoisotopic (exact) mass is 380 g/mol. The Morgan fingerprint density at radius 3 is 2.00 bits per heavy atom. The van der Waals surface area contributed by atoms with Gasteiger partial charge in [-0.2, -0.15) is 0 Å². The third-order valence-corrected chi connectivity index (χ3v) is 5.73. The second-order valence-electron chi connectivity index (χ2n) is 8.05. The lowest BCUT2D eigenvalue weighted by Crippen LogP contribution is -2.31. The largest absolute Gasteiger partial charge is 0.373 e. The smallest absolute Gasteiger partial charge is 0.106 e. The van der Waals surface area contributed by atoms with Gasteiger partial charge < -0.3 is 9.47 Å². The molecule has 0 radical (unpaired) electrons. The minimum absolute atomic E-state index is 0.0670. The molecule has 0 spiro atoms. The first-order chi connectivity index (χ1) is 13.8. The van der Waals surface area contributed by atoms with Crippen molar-refractivity contribution in [2.24, 2.45) is 0 Å². The molecule has 1 aliphatic heterocycles. The molecule has 2 heteroatoms. The van der Waals surface area contributed by atoms with Crippen molar-refractivity contribution in [2.75, 3.05) is 13.2 Å². The maximum atomic E-state index is 6.11. The van der Waals surface area contributed by atoms with Crippen LogP contribution in [0.5, 0.6) is 0 Å². The zero-order valence-corrected chi connectivity index (χ0v) is 17.7. The summed E-state index contributed by atoms with van der Waals surface area (Å²) in [5, 5.41) is 0. The van der Waals surface area contributed by atoms with Crippen molar-refractivity contribution in [1.29, 1.82) is 0 Å². The van der Waals surface area contributed by atoms with E-state index in [2.05, 4.69) is 62.4 Å². The first-order valence-electron chi connectivity index (χ1n) is 11.2. The molecule has 0 bridgehead atoms.